The van der Waals surface area contributed by atoms with Gasteiger partial charge in [-0.05, 0) is 13.8 Å². The molecule has 7 heteroatoms. The van der Waals surface area contributed by atoms with Gasteiger partial charge in [-0.3, -0.25) is 20.2 Å². The van der Waals surface area contributed by atoms with Crippen molar-refractivity contribution in [3.63, 3.8) is 0 Å². The van der Waals surface area contributed by atoms with Crippen LogP contribution in [0.2, 0.25) is 0 Å². The number of amides is 3. The molecule has 0 spiro atoms. The van der Waals surface area contributed by atoms with Gasteiger partial charge in [0.1, 0.15) is 0 Å². The molecule has 16 heavy (non-hydrogen) atoms. The standard InChI is InChI=1S/C9H17N3O4/c1-4-10-9(15)12-8(14)6(2)11-5-7(13)16-3/h6,11H,4-5H2,1-3H3,(H2,10,12,14,15). The first kappa shape index (κ1) is 14.4. The molecule has 92 valence electrons. The van der Waals surface area contributed by atoms with Crippen LogP contribution >= 0.6 is 0 Å². The summed E-state index contributed by atoms with van der Waals surface area (Å²) >= 11 is 0. The van der Waals surface area contributed by atoms with Crippen molar-refractivity contribution >= 4 is 17.9 Å². The highest BCUT2D eigenvalue weighted by molar-refractivity contribution is 5.96. The van der Waals surface area contributed by atoms with Crippen LogP contribution in [0.4, 0.5) is 4.79 Å². The number of hydrogen-bond donors (Lipinski definition) is 3. The molecule has 0 aliphatic rings. The molecule has 0 heterocycles. The quantitative estimate of drug-likeness (QED) is 0.526. The number of carbonyl (C=O) groups excluding carboxylic acids is 3. The average Bonchev–Trinajstić information content (AvgIpc) is 2.25. The van der Waals surface area contributed by atoms with Crippen LogP contribution in [0.1, 0.15) is 13.8 Å². The van der Waals surface area contributed by atoms with Gasteiger partial charge in [-0.2, -0.15) is 0 Å². The van der Waals surface area contributed by atoms with Gasteiger partial charge < -0.3 is 10.1 Å². The summed E-state index contributed by atoms with van der Waals surface area (Å²) in [6.07, 6.45) is 0. The highest BCUT2D eigenvalue weighted by Crippen LogP contribution is 1.82. The maximum atomic E-state index is 11.3. The highest BCUT2D eigenvalue weighted by Gasteiger charge is 2.15. The van der Waals surface area contributed by atoms with Gasteiger partial charge in [0.15, 0.2) is 0 Å². The minimum absolute atomic E-state index is 0.0829. The molecule has 0 aromatic carbocycles. The molecule has 0 aliphatic carbocycles. The zero-order valence-corrected chi connectivity index (χ0v) is 9.62. The van der Waals surface area contributed by atoms with Gasteiger partial charge in [0, 0.05) is 6.54 Å². The van der Waals surface area contributed by atoms with Crippen LogP contribution in [-0.2, 0) is 14.3 Å². The second-order valence-electron chi connectivity index (χ2n) is 3.03. The van der Waals surface area contributed by atoms with Crippen LogP contribution < -0.4 is 16.0 Å². The van der Waals surface area contributed by atoms with Gasteiger partial charge in [0.25, 0.3) is 0 Å². The van der Waals surface area contributed by atoms with E-state index in [9.17, 15) is 14.4 Å². The van der Waals surface area contributed by atoms with Crippen molar-refractivity contribution in [3.05, 3.63) is 0 Å². The van der Waals surface area contributed by atoms with E-state index in [1.165, 1.54) is 14.0 Å². The number of methoxy groups -OCH3 is 1. The Morgan fingerprint density at radius 2 is 1.94 bits per heavy atom. The Hall–Kier alpha value is -1.63. The summed E-state index contributed by atoms with van der Waals surface area (Å²) in [6.45, 7) is 3.63. The van der Waals surface area contributed by atoms with E-state index in [1.54, 1.807) is 6.92 Å². The Morgan fingerprint density at radius 3 is 2.44 bits per heavy atom. The number of urea groups is 1. The van der Waals surface area contributed by atoms with E-state index in [0.29, 0.717) is 6.54 Å². The molecule has 1 unspecified atom stereocenters. The van der Waals surface area contributed by atoms with Crippen molar-refractivity contribution in [2.75, 3.05) is 20.2 Å². The van der Waals surface area contributed by atoms with Crippen LogP contribution in [0.5, 0.6) is 0 Å². The molecular formula is C9H17N3O4. The van der Waals surface area contributed by atoms with Crippen LogP contribution in [0.3, 0.4) is 0 Å². The maximum absolute atomic E-state index is 11.3. The summed E-state index contributed by atoms with van der Waals surface area (Å²) in [7, 11) is 1.25. The molecule has 0 aromatic heterocycles. The third-order valence-electron chi connectivity index (χ3n) is 1.75. The fourth-order valence-electron chi connectivity index (χ4n) is 0.826. The van der Waals surface area contributed by atoms with E-state index in [2.05, 4.69) is 20.7 Å². The minimum Gasteiger partial charge on any atom is -0.468 e. The Kier molecular flexibility index (Phi) is 6.86. The normalized spacial score (nSPS) is 11.4. The third-order valence-corrected chi connectivity index (χ3v) is 1.75. The molecule has 1 atom stereocenters. The van der Waals surface area contributed by atoms with Crippen LogP contribution in [0, 0.1) is 0 Å². The lowest BCUT2D eigenvalue weighted by atomic mass is 10.3. The first-order chi connectivity index (χ1) is 7.51. The van der Waals surface area contributed by atoms with Gasteiger partial charge >= 0.3 is 12.0 Å². The number of imide groups is 1. The molecule has 0 bridgehead atoms. The van der Waals surface area contributed by atoms with Crippen molar-refractivity contribution in [1.82, 2.24) is 16.0 Å². The fraction of sp³-hybridized carbons (Fsp3) is 0.667. The Morgan fingerprint density at radius 1 is 1.31 bits per heavy atom. The first-order valence-electron chi connectivity index (χ1n) is 4.90. The lowest BCUT2D eigenvalue weighted by molar-refractivity contribution is -0.139. The predicted molar refractivity (Wildman–Crippen MR) is 56.7 cm³/mol. The van der Waals surface area contributed by atoms with Crippen molar-refractivity contribution in [2.45, 2.75) is 19.9 Å². The van der Waals surface area contributed by atoms with Crippen LogP contribution in [0.25, 0.3) is 0 Å². The topological polar surface area (TPSA) is 96.5 Å². The van der Waals surface area contributed by atoms with Gasteiger partial charge in [-0.15, -0.1) is 0 Å². The Balaban J connectivity index is 3.90. The predicted octanol–water partition coefficient (Wildman–Crippen LogP) is -1.02. The van der Waals surface area contributed by atoms with E-state index >= 15 is 0 Å². The summed E-state index contributed by atoms with van der Waals surface area (Å²) < 4.78 is 4.39. The maximum Gasteiger partial charge on any atom is 0.321 e. The molecule has 0 aromatic rings. The molecule has 0 saturated heterocycles. The molecule has 0 radical (unpaired) electrons. The number of esters is 1. The summed E-state index contributed by atoms with van der Waals surface area (Å²) in [5, 5.41) is 7.15. The second-order valence-corrected chi connectivity index (χ2v) is 3.03. The first-order valence-corrected chi connectivity index (χ1v) is 4.90. The van der Waals surface area contributed by atoms with E-state index < -0.39 is 23.9 Å². The Labute approximate surface area is 93.9 Å². The zero-order valence-electron chi connectivity index (χ0n) is 9.62. The number of ether oxygens (including phenoxy) is 1. The molecule has 7 nitrogen and oxygen atoms in total. The number of rotatable bonds is 5. The molecule has 0 aliphatic heterocycles. The van der Waals surface area contributed by atoms with Crippen LogP contribution in [0.15, 0.2) is 0 Å². The van der Waals surface area contributed by atoms with Gasteiger partial charge in [0.05, 0.1) is 19.7 Å². The van der Waals surface area contributed by atoms with Crippen molar-refractivity contribution in [2.24, 2.45) is 0 Å². The largest absolute Gasteiger partial charge is 0.468 e. The van der Waals surface area contributed by atoms with Crippen molar-refractivity contribution < 1.29 is 19.1 Å². The third kappa shape index (κ3) is 5.97. The molecule has 3 N–H and O–H groups in total. The number of hydrogen-bond acceptors (Lipinski definition) is 5. The summed E-state index contributed by atoms with van der Waals surface area (Å²) in [5.74, 6) is -0.979. The summed E-state index contributed by atoms with van der Waals surface area (Å²) in [5.41, 5.74) is 0. The average molecular weight is 231 g/mol. The second kappa shape index (κ2) is 7.63. The van der Waals surface area contributed by atoms with Gasteiger partial charge in [0.2, 0.25) is 5.91 Å². The highest BCUT2D eigenvalue weighted by atomic mass is 16.5. The summed E-state index contributed by atoms with van der Waals surface area (Å²) in [4.78, 5) is 33.1. The summed E-state index contributed by atoms with van der Waals surface area (Å²) in [6, 6.07) is -1.21. The molecule has 3 amide bonds. The minimum atomic E-state index is -0.651. The van der Waals surface area contributed by atoms with E-state index in [4.69, 9.17) is 0 Å². The zero-order chi connectivity index (χ0) is 12.6. The Bertz CT molecular complexity index is 267. The van der Waals surface area contributed by atoms with Crippen molar-refractivity contribution in [1.29, 1.82) is 0 Å². The SMILES string of the molecule is CCNC(=O)NC(=O)C(C)NCC(=O)OC. The fourth-order valence-corrected chi connectivity index (χ4v) is 0.826. The number of carbonyl (C=O) groups is 3. The van der Waals surface area contributed by atoms with Crippen molar-refractivity contribution in [3.8, 4) is 0 Å². The monoisotopic (exact) mass is 231 g/mol. The smallest absolute Gasteiger partial charge is 0.321 e. The van der Waals surface area contributed by atoms with Gasteiger partial charge in [-0.1, -0.05) is 0 Å². The van der Waals surface area contributed by atoms with E-state index in [0.717, 1.165) is 0 Å². The lowest BCUT2D eigenvalue weighted by Gasteiger charge is -2.12. The van der Waals surface area contributed by atoms with Crippen LogP contribution in [-0.4, -0.2) is 44.1 Å². The molecule has 0 fully saturated rings. The lowest BCUT2D eigenvalue weighted by Crippen LogP contribution is -2.49. The van der Waals surface area contributed by atoms with Gasteiger partial charge in [-0.25, -0.2) is 4.79 Å². The molecular weight excluding hydrogens is 214 g/mol. The van der Waals surface area contributed by atoms with E-state index in [-0.39, 0.29) is 6.54 Å². The molecule has 0 rings (SSSR count). The van der Waals surface area contributed by atoms with E-state index in [1.807, 2.05) is 0 Å². The number of nitrogens with one attached hydrogen (secondary N) is 3. The molecule has 0 saturated carbocycles.